The molecule has 2 N–H and O–H groups in total. The number of benzene rings is 1. The molecular formula is C15H9IN2O4S. The molecule has 1 fully saturated rings. The highest BCUT2D eigenvalue weighted by Gasteiger charge is 2.34. The number of carboxylic acids is 1. The van der Waals surface area contributed by atoms with Crippen LogP contribution in [0, 0.1) is 3.57 Å². The van der Waals surface area contributed by atoms with Crippen molar-refractivity contribution in [3.63, 3.8) is 0 Å². The van der Waals surface area contributed by atoms with Gasteiger partial charge in [0, 0.05) is 13.8 Å². The molecule has 1 aromatic heterocycles. The summed E-state index contributed by atoms with van der Waals surface area (Å²) in [6.45, 7) is 0. The van der Waals surface area contributed by atoms with Crippen molar-refractivity contribution in [1.29, 1.82) is 0 Å². The summed E-state index contributed by atoms with van der Waals surface area (Å²) in [6.07, 6.45) is 1.40. The molecule has 8 heteroatoms. The Morgan fingerprint density at radius 3 is 2.57 bits per heavy atom. The van der Waals surface area contributed by atoms with Gasteiger partial charge in [-0.05, 0) is 59.0 Å². The van der Waals surface area contributed by atoms with Gasteiger partial charge in [-0.15, -0.1) is 11.3 Å². The molecule has 6 nitrogen and oxygen atoms in total. The summed E-state index contributed by atoms with van der Waals surface area (Å²) < 4.78 is 1.01. The number of carbonyl (C=O) groups is 3. The molecule has 1 aromatic carbocycles. The lowest BCUT2D eigenvalue weighted by atomic mass is 10.2. The molecule has 2 amide bonds. The SMILES string of the molecule is O=C1NN(c2ccc(I)cc2)C(=O)/C1=C\c1cc(C(=O)O)cs1. The maximum absolute atomic E-state index is 12.4. The highest BCUT2D eigenvalue weighted by Crippen LogP contribution is 2.24. The van der Waals surface area contributed by atoms with Crippen LogP contribution in [0.2, 0.25) is 0 Å². The van der Waals surface area contributed by atoms with E-state index in [-0.39, 0.29) is 11.1 Å². The number of hydrazine groups is 1. The average Bonchev–Trinajstić information content (AvgIpc) is 3.09. The van der Waals surface area contributed by atoms with E-state index in [1.54, 1.807) is 12.1 Å². The van der Waals surface area contributed by atoms with Gasteiger partial charge in [-0.3, -0.25) is 15.0 Å². The fraction of sp³-hybridized carbons (Fsp3) is 0. The molecular weight excluding hydrogens is 431 g/mol. The zero-order valence-electron chi connectivity index (χ0n) is 11.4. The quantitative estimate of drug-likeness (QED) is 0.437. The first-order chi connectivity index (χ1) is 11.0. The van der Waals surface area contributed by atoms with E-state index in [0.29, 0.717) is 10.6 Å². The third-order valence-electron chi connectivity index (χ3n) is 3.13. The van der Waals surface area contributed by atoms with Crippen LogP contribution in [-0.4, -0.2) is 22.9 Å². The number of carboxylic acid groups (broad SMARTS) is 1. The van der Waals surface area contributed by atoms with Crippen LogP contribution in [0.3, 0.4) is 0 Å². The van der Waals surface area contributed by atoms with E-state index in [1.807, 2.05) is 12.1 Å². The zero-order valence-corrected chi connectivity index (χ0v) is 14.4. The van der Waals surface area contributed by atoms with Gasteiger partial charge in [-0.1, -0.05) is 0 Å². The number of nitrogens with zero attached hydrogens (tertiary/aromatic N) is 1. The molecule has 0 atom stereocenters. The van der Waals surface area contributed by atoms with Crippen molar-refractivity contribution in [1.82, 2.24) is 5.43 Å². The summed E-state index contributed by atoms with van der Waals surface area (Å²) >= 11 is 3.31. The fourth-order valence-corrected chi connectivity index (χ4v) is 3.18. The molecule has 0 aliphatic carbocycles. The minimum Gasteiger partial charge on any atom is -0.478 e. The van der Waals surface area contributed by atoms with Crippen molar-refractivity contribution in [2.24, 2.45) is 0 Å². The van der Waals surface area contributed by atoms with Crippen LogP contribution in [0.5, 0.6) is 0 Å². The van der Waals surface area contributed by atoms with Crippen molar-refractivity contribution in [3.8, 4) is 0 Å². The Kier molecular flexibility index (Phi) is 4.18. The van der Waals surface area contributed by atoms with Crippen LogP contribution >= 0.6 is 33.9 Å². The van der Waals surface area contributed by atoms with Crippen molar-refractivity contribution in [2.45, 2.75) is 0 Å². The number of halogens is 1. The normalized spacial score (nSPS) is 16.0. The maximum atomic E-state index is 12.4. The van der Waals surface area contributed by atoms with Gasteiger partial charge in [-0.2, -0.15) is 0 Å². The highest BCUT2D eigenvalue weighted by atomic mass is 127. The lowest BCUT2D eigenvalue weighted by Gasteiger charge is -2.14. The smallest absolute Gasteiger partial charge is 0.336 e. The minimum absolute atomic E-state index is 0.0256. The maximum Gasteiger partial charge on any atom is 0.336 e. The molecule has 1 aliphatic heterocycles. The summed E-state index contributed by atoms with van der Waals surface area (Å²) in [4.78, 5) is 35.8. The Morgan fingerprint density at radius 1 is 1.26 bits per heavy atom. The van der Waals surface area contributed by atoms with Gasteiger partial charge < -0.3 is 5.11 Å². The van der Waals surface area contributed by atoms with E-state index in [9.17, 15) is 14.4 Å². The second kappa shape index (κ2) is 6.13. The van der Waals surface area contributed by atoms with Crippen molar-refractivity contribution < 1.29 is 19.5 Å². The lowest BCUT2D eigenvalue weighted by Crippen LogP contribution is -2.35. The third kappa shape index (κ3) is 3.13. The van der Waals surface area contributed by atoms with Gasteiger partial charge in [0.25, 0.3) is 11.8 Å². The summed E-state index contributed by atoms with van der Waals surface area (Å²) in [5.41, 5.74) is 3.16. The number of nitrogens with one attached hydrogen (secondary N) is 1. The van der Waals surface area contributed by atoms with Crippen LogP contribution in [-0.2, 0) is 9.59 Å². The van der Waals surface area contributed by atoms with Crippen LogP contribution in [0.4, 0.5) is 5.69 Å². The number of hydrogen-bond acceptors (Lipinski definition) is 4. The molecule has 1 aliphatic rings. The second-order valence-electron chi connectivity index (χ2n) is 4.66. The largest absolute Gasteiger partial charge is 0.478 e. The first-order valence-corrected chi connectivity index (χ1v) is 8.36. The van der Waals surface area contributed by atoms with E-state index in [2.05, 4.69) is 28.0 Å². The monoisotopic (exact) mass is 440 g/mol. The number of rotatable bonds is 3. The molecule has 0 unspecified atom stereocenters. The topological polar surface area (TPSA) is 86.7 Å². The molecule has 1 saturated heterocycles. The number of thiophene rings is 1. The van der Waals surface area contributed by atoms with Gasteiger partial charge in [0.1, 0.15) is 5.57 Å². The Bertz CT molecular complexity index is 841. The van der Waals surface area contributed by atoms with E-state index in [4.69, 9.17) is 5.11 Å². The second-order valence-corrected chi connectivity index (χ2v) is 6.85. The summed E-state index contributed by atoms with van der Waals surface area (Å²) in [5.74, 6) is -2.03. The minimum atomic E-state index is -1.05. The van der Waals surface area contributed by atoms with Crippen LogP contribution < -0.4 is 10.4 Å². The molecule has 116 valence electrons. The highest BCUT2D eigenvalue weighted by molar-refractivity contribution is 14.1. The van der Waals surface area contributed by atoms with Crippen LogP contribution in [0.15, 0.2) is 41.3 Å². The van der Waals surface area contributed by atoms with Crippen molar-refractivity contribution in [2.75, 3.05) is 5.01 Å². The lowest BCUT2D eigenvalue weighted by molar-refractivity contribution is -0.117. The van der Waals surface area contributed by atoms with Crippen LogP contribution in [0.1, 0.15) is 15.2 Å². The van der Waals surface area contributed by atoms with Crippen molar-refractivity contribution >= 4 is 63.5 Å². The number of aromatic carboxylic acids is 1. The molecule has 0 bridgehead atoms. The first kappa shape index (κ1) is 15.7. The summed E-state index contributed by atoms with van der Waals surface area (Å²) in [5, 5.41) is 11.5. The van der Waals surface area contributed by atoms with Gasteiger partial charge in [0.15, 0.2) is 0 Å². The van der Waals surface area contributed by atoms with E-state index in [0.717, 1.165) is 14.9 Å². The van der Waals surface area contributed by atoms with Gasteiger partial charge in [0.05, 0.1) is 11.3 Å². The predicted molar refractivity (Wildman–Crippen MR) is 94.0 cm³/mol. The number of anilines is 1. The average molecular weight is 440 g/mol. The fourth-order valence-electron chi connectivity index (χ4n) is 2.01. The Labute approximate surface area is 148 Å². The van der Waals surface area contributed by atoms with E-state index < -0.39 is 17.8 Å². The Balaban J connectivity index is 1.90. The van der Waals surface area contributed by atoms with Crippen molar-refractivity contribution in [3.05, 3.63) is 55.3 Å². The van der Waals surface area contributed by atoms with E-state index in [1.165, 1.54) is 22.5 Å². The molecule has 0 spiro atoms. The zero-order chi connectivity index (χ0) is 16.6. The molecule has 0 radical (unpaired) electrons. The molecule has 23 heavy (non-hydrogen) atoms. The predicted octanol–water partition coefficient (Wildman–Crippen LogP) is 2.51. The first-order valence-electron chi connectivity index (χ1n) is 6.40. The molecule has 2 heterocycles. The molecule has 0 saturated carbocycles. The number of carbonyl (C=O) groups excluding carboxylic acids is 2. The van der Waals surface area contributed by atoms with Gasteiger partial charge in [0.2, 0.25) is 0 Å². The number of hydrogen-bond donors (Lipinski definition) is 2. The third-order valence-corrected chi connectivity index (χ3v) is 4.73. The summed E-state index contributed by atoms with van der Waals surface area (Å²) in [6, 6.07) is 8.55. The molecule has 3 rings (SSSR count). The summed E-state index contributed by atoms with van der Waals surface area (Å²) in [7, 11) is 0. The standard InChI is InChI=1S/C15H9IN2O4S/c16-9-1-3-10(4-2-9)18-14(20)12(13(19)17-18)6-11-5-8(7-23-11)15(21)22/h1-7H,(H,17,19)(H,21,22)/b12-6-. The van der Waals surface area contributed by atoms with E-state index >= 15 is 0 Å². The number of amides is 2. The Morgan fingerprint density at radius 2 is 1.96 bits per heavy atom. The van der Waals surface area contributed by atoms with Gasteiger partial charge in [-0.25, -0.2) is 9.80 Å². The van der Waals surface area contributed by atoms with Gasteiger partial charge >= 0.3 is 5.97 Å². The molecule has 2 aromatic rings. The van der Waals surface area contributed by atoms with Crippen LogP contribution in [0.25, 0.3) is 6.08 Å². The Hall–Kier alpha value is -2.20.